The van der Waals surface area contributed by atoms with Crippen LogP contribution in [-0.2, 0) is 11.3 Å². The van der Waals surface area contributed by atoms with Crippen molar-refractivity contribution < 1.29 is 19.5 Å². The number of carbonyl (C=O) groups is 3. The van der Waals surface area contributed by atoms with Crippen LogP contribution >= 0.6 is 0 Å². The lowest BCUT2D eigenvalue weighted by molar-refractivity contribution is -0.116. The minimum atomic E-state index is -1.14. The first-order valence-electron chi connectivity index (χ1n) is 9.04. The zero-order valence-corrected chi connectivity index (χ0v) is 16.1. The Labute approximate surface area is 171 Å². The fourth-order valence-corrected chi connectivity index (χ4v) is 2.81. The summed E-state index contributed by atoms with van der Waals surface area (Å²) in [5.74, 6) is -2.00. The minimum absolute atomic E-state index is 0.0128. The summed E-state index contributed by atoms with van der Waals surface area (Å²) < 4.78 is 1.31. The van der Waals surface area contributed by atoms with Crippen molar-refractivity contribution in [2.24, 2.45) is 0 Å². The van der Waals surface area contributed by atoms with Crippen molar-refractivity contribution in [1.82, 2.24) is 4.57 Å². The Balaban J connectivity index is 1.65. The highest BCUT2D eigenvalue weighted by molar-refractivity contribution is 6.08. The number of carbonyl (C=O) groups excluding carboxylic acids is 2. The molecule has 0 aliphatic rings. The number of hydrogen-bond donors (Lipinski definition) is 3. The maximum absolute atomic E-state index is 12.4. The largest absolute Gasteiger partial charge is 0.478 e. The molecular formula is C22H19N3O5. The molecule has 3 rings (SSSR count). The number of benzene rings is 2. The van der Waals surface area contributed by atoms with Crippen LogP contribution in [0, 0.1) is 6.92 Å². The summed E-state index contributed by atoms with van der Waals surface area (Å²) in [5.41, 5.74) is 1.52. The molecule has 2 aromatic carbocycles. The van der Waals surface area contributed by atoms with Gasteiger partial charge in [0.15, 0.2) is 0 Å². The van der Waals surface area contributed by atoms with E-state index in [0.29, 0.717) is 11.3 Å². The second-order valence-electron chi connectivity index (χ2n) is 6.60. The standard InChI is InChI=1S/C22H19N3O5/c1-14-6-11-20(27)25(12-14)13-19(26)23-16-9-7-15(8-10-16)21(28)24-18-5-3-2-4-17(18)22(29)30/h2-12H,13H2,1H3,(H,23,26)(H,24,28)(H,29,30). The molecule has 0 atom stereocenters. The first-order chi connectivity index (χ1) is 14.3. The average Bonchev–Trinajstić information content (AvgIpc) is 2.71. The van der Waals surface area contributed by atoms with Gasteiger partial charge in [-0.3, -0.25) is 14.4 Å². The van der Waals surface area contributed by atoms with E-state index in [0.717, 1.165) is 5.56 Å². The number of anilines is 2. The van der Waals surface area contributed by atoms with E-state index in [1.807, 2.05) is 6.92 Å². The number of nitrogens with zero attached hydrogens (tertiary/aromatic N) is 1. The van der Waals surface area contributed by atoms with E-state index < -0.39 is 11.9 Å². The van der Waals surface area contributed by atoms with Crippen molar-refractivity contribution in [3.05, 3.63) is 93.9 Å². The Bertz CT molecular complexity index is 1170. The summed E-state index contributed by atoms with van der Waals surface area (Å²) in [6.07, 6.45) is 1.60. The molecule has 8 nitrogen and oxygen atoms in total. The number of amides is 2. The average molecular weight is 405 g/mol. The lowest BCUT2D eigenvalue weighted by Gasteiger charge is -2.10. The van der Waals surface area contributed by atoms with Crippen LogP contribution in [0.2, 0.25) is 0 Å². The highest BCUT2D eigenvalue weighted by atomic mass is 16.4. The molecule has 30 heavy (non-hydrogen) atoms. The number of carboxylic acid groups (broad SMARTS) is 1. The number of aromatic nitrogens is 1. The maximum Gasteiger partial charge on any atom is 0.337 e. The Hall–Kier alpha value is -4.20. The number of para-hydroxylation sites is 1. The monoisotopic (exact) mass is 405 g/mol. The molecule has 0 unspecified atom stereocenters. The molecule has 1 aromatic heterocycles. The van der Waals surface area contributed by atoms with Crippen molar-refractivity contribution in [3.63, 3.8) is 0 Å². The van der Waals surface area contributed by atoms with Gasteiger partial charge in [0.05, 0.1) is 11.3 Å². The Morgan fingerprint density at radius 1 is 0.933 bits per heavy atom. The highest BCUT2D eigenvalue weighted by Gasteiger charge is 2.13. The Morgan fingerprint density at radius 3 is 2.33 bits per heavy atom. The second kappa shape index (κ2) is 8.87. The molecule has 0 radical (unpaired) electrons. The molecule has 1 heterocycles. The van der Waals surface area contributed by atoms with Gasteiger partial charge in [-0.1, -0.05) is 18.2 Å². The van der Waals surface area contributed by atoms with Gasteiger partial charge in [-0.2, -0.15) is 0 Å². The van der Waals surface area contributed by atoms with Gasteiger partial charge in [0.25, 0.3) is 11.5 Å². The molecule has 0 fully saturated rings. The molecule has 0 saturated carbocycles. The molecule has 0 saturated heterocycles. The predicted molar refractivity (Wildman–Crippen MR) is 112 cm³/mol. The first kappa shape index (κ1) is 20.5. The number of aromatic carboxylic acids is 1. The highest BCUT2D eigenvalue weighted by Crippen LogP contribution is 2.17. The van der Waals surface area contributed by atoms with Gasteiger partial charge in [0, 0.05) is 23.5 Å². The number of pyridine rings is 1. The van der Waals surface area contributed by atoms with E-state index in [1.165, 1.54) is 34.9 Å². The van der Waals surface area contributed by atoms with E-state index in [9.17, 15) is 24.3 Å². The zero-order valence-electron chi connectivity index (χ0n) is 16.1. The summed E-state index contributed by atoms with van der Waals surface area (Å²) >= 11 is 0. The zero-order chi connectivity index (χ0) is 21.7. The molecule has 3 aromatic rings. The van der Waals surface area contributed by atoms with E-state index >= 15 is 0 Å². The third-order valence-corrected chi connectivity index (χ3v) is 4.28. The smallest absolute Gasteiger partial charge is 0.337 e. The van der Waals surface area contributed by atoms with Crippen LogP contribution in [-0.4, -0.2) is 27.5 Å². The van der Waals surface area contributed by atoms with Crippen LogP contribution < -0.4 is 16.2 Å². The summed E-state index contributed by atoms with van der Waals surface area (Å²) in [5, 5.41) is 14.4. The molecular weight excluding hydrogens is 386 g/mol. The van der Waals surface area contributed by atoms with E-state index in [2.05, 4.69) is 10.6 Å². The third kappa shape index (κ3) is 4.99. The summed E-state index contributed by atoms with van der Waals surface area (Å²) in [7, 11) is 0. The summed E-state index contributed by atoms with van der Waals surface area (Å²) in [4.78, 5) is 47.6. The topological polar surface area (TPSA) is 118 Å². The molecule has 0 aliphatic heterocycles. The number of hydrogen-bond acceptors (Lipinski definition) is 4. The van der Waals surface area contributed by atoms with Crippen LogP contribution in [0.1, 0.15) is 26.3 Å². The van der Waals surface area contributed by atoms with Gasteiger partial charge < -0.3 is 20.3 Å². The predicted octanol–water partition coefficient (Wildman–Crippen LogP) is 2.75. The van der Waals surface area contributed by atoms with Crippen molar-refractivity contribution in [1.29, 1.82) is 0 Å². The van der Waals surface area contributed by atoms with E-state index in [1.54, 1.807) is 36.5 Å². The Morgan fingerprint density at radius 2 is 1.63 bits per heavy atom. The van der Waals surface area contributed by atoms with Gasteiger partial charge in [0.2, 0.25) is 5.91 Å². The second-order valence-corrected chi connectivity index (χ2v) is 6.60. The molecule has 0 bridgehead atoms. The maximum atomic E-state index is 12.4. The first-order valence-corrected chi connectivity index (χ1v) is 9.04. The van der Waals surface area contributed by atoms with E-state index in [-0.39, 0.29) is 29.3 Å². The summed E-state index contributed by atoms with van der Waals surface area (Å²) in [6, 6.07) is 15.3. The number of carboxylic acids is 1. The normalized spacial score (nSPS) is 10.3. The Kier molecular flexibility index (Phi) is 6.07. The lowest BCUT2D eigenvalue weighted by Crippen LogP contribution is -2.26. The van der Waals surface area contributed by atoms with Gasteiger partial charge in [-0.15, -0.1) is 0 Å². The molecule has 3 N–H and O–H groups in total. The quantitative estimate of drug-likeness (QED) is 0.583. The molecule has 8 heteroatoms. The summed E-state index contributed by atoms with van der Waals surface area (Å²) in [6.45, 7) is 1.70. The number of nitrogens with one attached hydrogen (secondary N) is 2. The van der Waals surface area contributed by atoms with Gasteiger partial charge >= 0.3 is 5.97 Å². The van der Waals surface area contributed by atoms with E-state index in [4.69, 9.17) is 0 Å². The SMILES string of the molecule is Cc1ccc(=O)n(CC(=O)Nc2ccc(C(=O)Nc3ccccc3C(=O)O)cc2)c1. The fourth-order valence-electron chi connectivity index (χ4n) is 2.81. The molecule has 152 valence electrons. The van der Waals surface area contributed by atoms with Crippen LogP contribution in [0.4, 0.5) is 11.4 Å². The number of aryl methyl sites for hydroxylation is 1. The van der Waals surface area contributed by atoms with Crippen molar-refractivity contribution in [2.75, 3.05) is 10.6 Å². The third-order valence-electron chi connectivity index (χ3n) is 4.28. The lowest BCUT2D eigenvalue weighted by atomic mass is 10.1. The van der Waals surface area contributed by atoms with Crippen LogP contribution in [0.25, 0.3) is 0 Å². The molecule has 0 spiro atoms. The minimum Gasteiger partial charge on any atom is -0.478 e. The van der Waals surface area contributed by atoms with Crippen LogP contribution in [0.3, 0.4) is 0 Å². The molecule has 0 aliphatic carbocycles. The van der Waals surface area contributed by atoms with Crippen LogP contribution in [0.5, 0.6) is 0 Å². The van der Waals surface area contributed by atoms with Gasteiger partial charge in [0.1, 0.15) is 6.54 Å². The molecule has 2 amide bonds. The number of rotatable bonds is 6. The van der Waals surface area contributed by atoms with Gasteiger partial charge in [-0.25, -0.2) is 4.79 Å². The van der Waals surface area contributed by atoms with Crippen molar-refractivity contribution in [3.8, 4) is 0 Å². The van der Waals surface area contributed by atoms with Crippen LogP contribution in [0.15, 0.2) is 71.7 Å². The van der Waals surface area contributed by atoms with Crippen molar-refractivity contribution >= 4 is 29.2 Å². The van der Waals surface area contributed by atoms with Gasteiger partial charge in [-0.05, 0) is 48.9 Å². The fraction of sp³-hybridized carbons (Fsp3) is 0.0909. The van der Waals surface area contributed by atoms with Crippen molar-refractivity contribution in [2.45, 2.75) is 13.5 Å².